The van der Waals surface area contributed by atoms with Crippen LogP contribution < -0.4 is 10.2 Å². The maximum atomic E-state index is 12.9. The minimum Gasteiger partial charge on any atom is -0.352 e. The predicted octanol–water partition coefficient (Wildman–Crippen LogP) is 3.58. The molecular formula is C28H29N5O2. The summed E-state index contributed by atoms with van der Waals surface area (Å²) in [7, 11) is 0. The molecule has 0 bridgehead atoms. The fourth-order valence-corrected chi connectivity index (χ4v) is 5.96. The summed E-state index contributed by atoms with van der Waals surface area (Å²) in [5, 5.41) is 13.1. The van der Waals surface area contributed by atoms with E-state index >= 15 is 0 Å². The van der Waals surface area contributed by atoms with Crippen LogP contribution in [0.1, 0.15) is 71.6 Å². The maximum Gasteiger partial charge on any atom is 0.251 e. The van der Waals surface area contributed by atoms with Gasteiger partial charge in [0.2, 0.25) is 5.91 Å². The van der Waals surface area contributed by atoms with Gasteiger partial charge in [-0.05, 0) is 67.7 Å². The molecule has 2 amide bonds. The molecule has 2 aromatic rings. The number of pyridine rings is 1. The van der Waals surface area contributed by atoms with E-state index in [1.54, 1.807) is 0 Å². The molecule has 7 nitrogen and oxygen atoms in total. The van der Waals surface area contributed by atoms with Crippen molar-refractivity contribution in [1.82, 2.24) is 15.2 Å². The fraction of sp³-hybridized carbons (Fsp3) is 0.500. The second-order valence-corrected chi connectivity index (χ2v) is 10.8. The molecule has 1 N–H and O–H groups in total. The second kappa shape index (κ2) is 7.81. The lowest BCUT2D eigenvalue weighted by Crippen LogP contribution is -2.57. The van der Waals surface area contributed by atoms with E-state index in [1.165, 1.54) is 12.8 Å². The van der Waals surface area contributed by atoms with Gasteiger partial charge in [0, 0.05) is 49.1 Å². The molecule has 4 fully saturated rings. The van der Waals surface area contributed by atoms with Crippen molar-refractivity contribution in [1.29, 1.82) is 5.26 Å². The number of hydrogen-bond donors (Lipinski definition) is 1. The Bertz CT molecular complexity index is 1280. The Hall–Kier alpha value is -3.40. The number of carbonyl (C=O) groups is 2. The quantitative estimate of drug-likeness (QED) is 0.726. The summed E-state index contributed by atoms with van der Waals surface area (Å²) in [6, 6.07) is 10.5. The van der Waals surface area contributed by atoms with Crippen molar-refractivity contribution in [2.45, 2.75) is 57.0 Å². The summed E-state index contributed by atoms with van der Waals surface area (Å²) < 4.78 is 0. The van der Waals surface area contributed by atoms with E-state index in [0.29, 0.717) is 42.9 Å². The van der Waals surface area contributed by atoms with Crippen molar-refractivity contribution >= 4 is 17.6 Å². The van der Waals surface area contributed by atoms with E-state index in [4.69, 9.17) is 4.98 Å². The fourth-order valence-electron chi connectivity index (χ4n) is 5.96. The lowest BCUT2D eigenvalue weighted by atomic mass is 9.93. The number of carbonyl (C=O) groups excluding carboxylic acids is 2. The largest absolute Gasteiger partial charge is 0.352 e. The van der Waals surface area contributed by atoms with Crippen LogP contribution in [0.4, 0.5) is 5.82 Å². The number of rotatable bonds is 5. The lowest BCUT2D eigenvalue weighted by molar-refractivity contribution is -0.135. The standard InChI is InChI=1S/C28H29N5O2/c29-13-19-12-22(20-2-1-3-21-23(20)14-30-27(21)34)25(17-6-7-17)31-26(19)32-10-11-33(28(35)18-8-9-18)24(15-32)16-4-5-16/h1-3,12,16-18,24H,4-11,14-15H2,(H,30,34). The van der Waals surface area contributed by atoms with Crippen LogP contribution in [0.25, 0.3) is 11.1 Å². The third kappa shape index (κ3) is 3.58. The smallest absolute Gasteiger partial charge is 0.251 e. The normalized spacial score (nSPS) is 23.6. The maximum absolute atomic E-state index is 12.9. The van der Waals surface area contributed by atoms with Gasteiger partial charge in [0.1, 0.15) is 11.9 Å². The van der Waals surface area contributed by atoms with E-state index in [0.717, 1.165) is 66.0 Å². The first kappa shape index (κ1) is 20.9. The van der Waals surface area contributed by atoms with Crippen LogP contribution in [0.5, 0.6) is 0 Å². The Labute approximate surface area is 205 Å². The number of hydrogen-bond acceptors (Lipinski definition) is 5. The first-order chi connectivity index (χ1) is 17.1. The van der Waals surface area contributed by atoms with Gasteiger partial charge in [-0.3, -0.25) is 9.59 Å². The van der Waals surface area contributed by atoms with Crippen LogP contribution in [0.15, 0.2) is 24.3 Å². The molecule has 1 aromatic heterocycles. The molecule has 178 valence electrons. The van der Waals surface area contributed by atoms with Crippen LogP contribution in [0, 0.1) is 23.2 Å². The number of nitriles is 1. The topological polar surface area (TPSA) is 89.3 Å². The number of nitrogens with one attached hydrogen (secondary N) is 1. The van der Waals surface area contributed by atoms with E-state index in [-0.39, 0.29) is 17.9 Å². The summed E-state index contributed by atoms with van der Waals surface area (Å²) in [4.78, 5) is 34.8. The second-order valence-electron chi connectivity index (χ2n) is 10.8. The highest BCUT2D eigenvalue weighted by Gasteiger charge is 2.45. The molecule has 3 saturated carbocycles. The summed E-state index contributed by atoms with van der Waals surface area (Å²) in [6.45, 7) is 2.70. The van der Waals surface area contributed by atoms with Crippen LogP contribution >= 0.6 is 0 Å². The number of anilines is 1. The summed E-state index contributed by atoms with van der Waals surface area (Å²) in [5.74, 6) is 2.28. The molecular weight excluding hydrogens is 438 g/mol. The average molecular weight is 468 g/mol. The minimum absolute atomic E-state index is 0.0374. The molecule has 0 spiro atoms. The SMILES string of the molecule is N#Cc1cc(-c2cccc3c2CNC3=O)c(C2CC2)nc1N1CCN(C(=O)C2CC2)C(C2CC2)C1. The van der Waals surface area contributed by atoms with E-state index in [9.17, 15) is 14.9 Å². The zero-order valence-corrected chi connectivity index (χ0v) is 19.8. The van der Waals surface area contributed by atoms with Gasteiger partial charge in [-0.25, -0.2) is 4.98 Å². The van der Waals surface area contributed by atoms with Crippen molar-refractivity contribution in [3.8, 4) is 17.2 Å². The minimum atomic E-state index is -0.0374. The van der Waals surface area contributed by atoms with Gasteiger partial charge in [-0.2, -0.15) is 5.26 Å². The number of fused-ring (bicyclic) bond motifs is 1. The molecule has 1 atom stereocenters. The van der Waals surface area contributed by atoms with Gasteiger partial charge in [-0.1, -0.05) is 12.1 Å². The molecule has 7 rings (SSSR count). The van der Waals surface area contributed by atoms with E-state index in [2.05, 4.69) is 21.2 Å². The zero-order valence-electron chi connectivity index (χ0n) is 19.8. The van der Waals surface area contributed by atoms with Gasteiger partial charge in [-0.15, -0.1) is 0 Å². The molecule has 3 heterocycles. The molecule has 35 heavy (non-hydrogen) atoms. The number of benzene rings is 1. The Balaban J connectivity index is 1.27. The highest BCUT2D eigenvalue weighted by molar-refractivity contribution is 6.00. The Morgan fingerprint density at radius 1 is 1.06 bits per heavy atom. The third-order valence-corrected chi connectivity index (χ3v) is 8.35. The molecule has 1 unspecified atom stereocenters. The number of nitrogens with zero attached hydrogens (tertiary/aromatic N) is 4. The number of piperazine rings is 1. The Kier molecular flexibility index (Phi) is 4.67. The van der Waals surface area contributed by atoms with Crippen LogP contribution in [0.3, 0.4) is 0 Å². The molecule has 1 aromatic carbocycles. The van der Waals surface area contributed by atoms with E-state index in [1.807, 2.05) is 24.3 Å². The Morgan fingerprint density at radius 2 is 1.86 bits per heavy atom. The lowest BCUT2D eigenvalue weighted by Gasteiger charge is -2.43. The first-order valence-corrected chi connectivity index (χ1v) is 13.0. The van der Waals surface area contributed by atoms with Gasteiger partial charge in [0.15, 0.2) is 0 Å². The number of aromatic nitrogens is 1. The average Bonchev–Trinajstić information content (AvgIpc) is 3.76. The number of amides is 2. The molecule has 2 aliphatic heterocycles. The third-order valence-electron chi connectivity index (χ3n) is 8.35. The molecule has 1 saturated heterocycles. The highest BCUT2D eigenvalue weighted by atomic mass is 16.2. The van der Waals surface area contributed by atoms with Gasteiger partial charge >= 0.3 is 0 Å². The van der Waals surface area contributed by atoms with Crippen molar-refractivity contribution in [2.24, 2.45) is 11.8 Å². The van der Waals surface area contributed by atoms with Crippen molar-refractivity contribution in [2.75, 3.05) is 24.5 Å². The molecule has 7 heteroatoms. The van der Waals surface area contributed by atoms with Crippen molar-refractivity contribution in [3.63, 3.8) is 0 Å². The zero-order chi connectivity index (χ0) is 23.7. The first-order valence-electron chi connectivity index (χ1n) is 13.0. The Morgan fingerprint density at radius 3 is 2.57 bits per heavy atom. The van der Waals surface area contributed by atoms with Crippen molar-refractivity contribution < 1.29 is 9.59 Å². The van der Waals surface area contributed by atoms with Gasteiger partial charge in [0.25, 0.3) is 5.91 Å². The van der Waals surface area contributed by atoms with Gasteiger partial charge in [0.05, 0.1) is 17.3 Å². The van der Waals surface area contributed by atoms with Crippen LogP contribution in [-0.2, 0) is 11.3 Å². The van der Waals surface area contributed by atoms with Crippen molar-refractivity contribution in [3.05, 3.63) is 46.6 Å². The van der Waals surface area contributed by atoms with Crippen LogP contribution in [0.2, 0.25) is 0 Å². The molecule has 5 aliphatic rings. The molecule has 0 radical (unpaired) electrons. The highest BCUT2D eigenvalue weighted by Crippen LogP contribution is 2.47. The van der Waals surface area contributed by atoms with E-state index < -0.39 is 0 Å². The van der Waals surface area contributed by atoms with Crippen LogP contribution in [-0.4, -0.2) is 47.4 Å². The predicted molar refractivity (Wildman–Crippen MR) is 131 cm³/mol. The monoisotopic (exact) mass is 467 g/mol. The van der Waals surface area contributed by atoms with Gasteiger partial charge < -0.3 is 15.1 Å². The molecule has 3 aliphatic carbocycles. The summed E-state index contributed by atoms with van der Waals surface area (Å²) >= 11 is 0. The summed E-state index contributed by atoms with van der Waals surface area (Å²) in [5.41, 5.74) is 5.34. The summed E-state index contributed by atoms with van der Waals surface area (Å²) in [6.07, 6.45) is 6.64.